The Labute approximate surface area is 196 Å². The molecule has 1 aliphatic rings. The Morgan fingerprint density at radius 2 is 1.88 bits per heavy atom. The molecular formula is C23H28N6O3S. The number of rotatable bonds is 7. The molecule has 2 aromatic heterocycles. The van der Waals surface area contributed by atoms with Crippen LogP contribution in [0.5, 0.6) is 0 Å². The van der Waals surface area contributed by atoms with Gasteiger partial charge in [0.2, 0.25) is 0 Å². The van der Waals surface area contributed by atoms with Crippen LogP contribution in [0.25, 0.3) is 11.3 Å². The van der Waals surface area contributed by atoms with Crippen molar-refractivity contribution in [1.29, 1.82) is 0 Å². The van der Waals surface area contributed by atoms with Gasteiger partial charge in [-0.25, -0.2) is 4.98 Å². The predicted octanol–water partition coefficient (Wildman–Crippen LogP) is 4.32. The summed E-state index contributed by atoms with van der Waals surface area (Å²) in [5.74, 6) is -0.313. The Kier molecular flexibility index (Phi) is 6.73. The number of thiazole rings is 1. The maximum Gasteiger partial charge on any atom is 0.357 e. The lowest BCUT2D eigenvalue weighted by Gasteiger charge is -2.30. The number of hydrogen-bond donors (Lipinski definition) is 0. The van der Waals surface area contributed by atoms with E-state index in [-0.39, 0.29) is 23.2 Å². The highest BCUT2D eigenvalue weighted by molar-refractivity contribution is 7.10. The summed E-state index contributed by atoms with van der Waals surface area (Å²) >= 11 is 1.66. The van der Waals surface area contributed by atoms with Crippen LogP contribution in [-0.2, 0) is 7.05 Å². The maximum atomic E-state index is 12.8. The topological polar surface area (TPSA) is 97.4 Å². The Balaban J connectivity index is 1.40. The SMILES string of the molecule is CCN(CC)c1ccc(-c2csc(C3CCN(C(=O)c4cnn(C)c4[N+](=O)[O-])CC3)n2)cc1. The van der Waals surface area contributed by atoms with Gasteiger partial charge in [-0.3, -0.25) is 4.79 Å². The van der Waals surface area contributed by atoms with Crippen molar-refractivity contribution in [2.45, 2.75) is 32.6 Å². The van der Waals surface area contributed by atoms with Crippen molar-refractivity contribution in [2.24, 2.45) is 7.05 Å². The van der Waals surface area contributed by atoms with E-state index >= 15 is 0 Å². The summed E-state index contributed by atoms with van der Waals surface area (Å²) in [6.45, 7) is 7.35. The van der Waals surface area contributed by atoms with Gasteiger partial charge in [-0.1, -0.05) is 17.2 Å². The zero-order chi connectivity index (χ0) is 23.5. The highest BCUT2D eigenvalue weighted by atomic mass is 32.1. The molecule has 3 heterocycles. The molecule has 10 heteroatoms. The number of carbonyl (C=O) groups excluding carboxylic acids is 1. The molecule has 0 spiro atoms. The molecule has 0 radical (unpaired) electrons. The number of anilines is 1. The standard InChI is InChI=1S/C23H28N6O3S/c1-4-27(5-2)18-8-6-16(7-9-18)20-15-33-21(25-20)17-10-12-28(13-11-17)23(30)19-14-24-26(3)22(19)29(31)32/h6-9,14-15,17H,4-5,10-13H2,1-3H3. The molecule has 4 rings (SSSR count). The van der Waals surface area contributed by atoms with E-state index in [2.05, 4.69) is 53.5 Å². The van der Waals surface area contributed by atoms with Crippen molar-refractivity contribution < 1.29 is 9.72 Å². The molecule has 9 nitrogen and oxygen atoms in total. The fraction of sp³-hybridized carbons (Fsp3) is 0.435. The monoisotopic (exact) mass is 468 g/mol. The molecule has 1 saturated heterocycles. The van der Waals surface area contributed by atoms with E-state index in [0.717, 1.165) is 46.9 Å². The molecule has 0 N–H and O–H groups in total. The van der Waals surface area contributed by atoms with Gasteiger partial charge in [-0.2, -0.15) is 0 Å². The number of nitro groups is 1. The van der Waals surface area contributed by atoms with Crippen LogP contribution in [0.3, 0.4) is 0 Å². The Morgan fingerprint density at radius 1 is 1.21 bits per heavy atom. The van der Waals surface area contributed by atoms with Crippen LogP contribution in [0.2, 0.25) is 0 Å². The second-order valence-electron chi connectivity index (χ2n) is 8.12. The lowest BCUT2D eigenvalue weighted by atomic mass is 9.97. The molecule has 0 atom stereocenters. The van der Waals surface area contributed by atoms with Crippen LogP contribution >= 0.6 is 11.3 Å². The van der Waals surface area contributed by atoms with Crippen molar-refractivity contribution >= 4 is 28.7 Å². The quantitative estimate of drug-likeness (QED) is 0.378. The molecule has 0 unspecified atom stereocenters. The number of nitrogens with zero attached hydrogens (tertiary/aromatic N) is 6. The molecule has 0 aliphatic carbocycles. The van der Waals surface area contributed by atoms with Crippen LogP contribution in [0.15, 0.2) is 35.8 Å². The van der Waals surface area contributed by atoms with Crippen LogP contribution in [0.1, 0.15) is 48.0 Å². The third kappa shape index (κ3) is 4.61. The van der Waals surface area contributed by atoms with E-state index < -0.39 is 4.92 Å². The second kappa shape index (κ2) is 9.70. The number of likely N-dealkylation sites (tertiary alicyclic amines) is 1. The first-order chi connectivity index (χ1) is 15.9. The predicted molar refractivity (Wildman–Crippen MR) is 129 cm³/mol. The van der Waals surface area contributed by atoms with Gasteiger partial charge in [-0.05, 0) is 43.7 Å². The number of aromatic nitrogens is 3. The molecule has 1 aromatic carbocycles. The third-order valence-electron chi connectivity index (χ3n) is 6.26. The minimum atomic E-state index is -0.557. The van der Waals surface area contributed by atoms with Crippen molar-refractivity contribution in [1.82, 2.24) is 19.7 Å². The zero-order valence-electron chi connectivity index (χ0n) is 19.1. The van der Waals surface area contributed by atoms with Crippen LogP contribution in [-0.4, -0.2) is 56.7 Å². The van der Waals surface area contributed by atoms with Gasteiger partial charge < -0.3 is 19.9 Å². The zero-order valence-corrected chi connectivity index (χ0v) is 19.9. The largest absolute Gasteiger partial charge is 0.372 e. The van der Waals surface area contributed by atoms with E-state index in [1.165, 1.54) is 18.9 Å². The summed E-state index contributed by atoms with van der Waals surface area (Å²) < 4.78 is 1.13. The lowest BCUT2D eigenvalue weighted by Crippen LogP contribution is -2.38. The van der Waals surface area contributed by atoms with Gasteiger partial charge in [0.1, 0.15) is 7.05 Å². The van der Waals surface area contributed by atoms with E-state index in [1.807, 2.05) is 0 Å². The van der Waals surface area contributed by atoms with Gasteiger partial charge in [0.15, 0.2) is 5.56 Å². The minimum absolute atomic E-state index is 0.0469. The van der Waals surface area contributed by atoms with Crippen LogP contribution < -0.4 is 4.90 Å². The molecule has 0 saturated carbocycles. The number of aryl methyl sites for hydroxylation is 1. The van der Waals surface area contributed by atoms with Crippen molar-refractivity contribution in [3.63, 3.8) is 0 Å². The summed E-state index contributed by atoms with van der Waals surface area (Å²) in [4.78, 5) is 32.5. The molecule has 1 aliphatic heterocycles. The number of piperidine rings is 1. The summed E-state index contributed by atoms with van der Waals surface area (Å²) in [7, 11) is 1.47. The average molecular weight is 469 g/mol. The van der Waals surface area contributed by atoms with Gasteiger partial charge in [0.05, 0.1) is 16.9 Å². The molecule has 0 bridgehead atoms. The number of amides is 1. The van der Waals surface area contributed by atoms with Crippen molar-refractivity contribution in [2.75, 3.05) is 31.1 Å². The Morgan fingerprint density at radius 3 is 2.48 bits per heavy atom. The smallest absolute Gasteiger partial charge is 0.357 e. The molecule has 33 heavy (non-hydrogen) atoms. The van der Waals surface area contributed by atoms with E-state index in [0.29, 0.717) is 13.1 Å². The lowest BCUT2D eigenvalue weighted by molar-refractivity contribution is -0.392. The summed E-state index contributed by atoms with van der Waals surface area (Å²) in [5, 5.41) is 18.4. The Hall–Kier alpha value is -3.27. The summed E-state index contributed by atoms with van der Waals surface area (Å²) in [5.41, 5.74) is 3.34. The first-order valence-corrected chi connectivity index (χ1v) is 12.1. The molecular weight excluding hydrogens is 440 g/mol. The van der Waals surface area contributed by atoms with Crippen LogP contribution in [0.4, 0.5) is 11.5 Å². The van der Waals surface area contributed by atoms with E-state index in [1.54, 1.807) is 16.2 Å². The van der Waals surface area contributed by atoms with Crippen molar-refractivity contribution in [3.8, 4) is 11.3 Å². The second-order valence-corrected chi connectivity index (χ2v) is 9.01. The molecule has 1 amide bonds. The van der Waals surface area contributed by atoms with Gasteiger partial charge in [0, 0.05) is 48.7 Å². The van der Waals surface area contributed by atoms with E-state index in [9.17, 15) is 14.9 Å². The van der Waals surface area contributed by atoms with Gasteiger partial charge in [0.25, 0.3) is 5.91 Å². The first-order valence-electron chi connectivity index (χ1n) is 11.2. The normalized spacial score (nSPS) is 14.5. The van der Waals surface area contributed by atoms with Crippen LogP contribution in [0, 0.1) is 10.1 Å². The molecule has 3 aromatic rings. The summed E-state index contributed by atoms with van der Waals surface area (Å²) in [6.07, 6.45) is 2.85. The molecule has 174 valence electrons. The highest BCUT2D eigenvalue weighted by Gasteiger charge is 2.32. The Bertz CT molecular complexity index is 1130. The van der Waals surface area contributed by atoms with Gasteiger partial charge in [-0.15, -0.1) is 16.0 Å². The third-order valence-corrected chi connectivity index (χ3v) is 7.26. The fourth-order valence-electron chi connectivity index (χ4n) is 4.34. The van der Waals surface area contributed by atoms with Gasteiger partial charge >= 0.3 is 5.82 Å². The number of benzene rings is 1. The number of carbonyl (C=O) groups is 1. The minimum Gasteiger partial charge on any atom is -0.372 e. The maximum absolute atomic E-state index is 12.8. The average Bonchev–Trinajstić information content (AvgIpc) is 3.47. The molecule has 1 fully saturated rings. The number of hydrogen-bond acceptors (Lipinski definition) is 7. The van der Waals surface area contributed by atoms with Crippen molar-refractivity contribution in [3.05, 3.63) is 56.5 Å². The highest BCUT2D eigenvalue weighted by Crippen LogP contribution is 2.34. The fourth-order valence-corrected chi connectivity index (χ4v) is 5.34. The summed E-state index contributed by atoms with van der Waals surface area (Å²) in [6, 6.07) is 8.52. The van der Waals surface area contributed by atoms with E-state index in [4.69, 9.17) is 4.98 Å². The first kappa shape index (κ1) is 22.9.